The third kappa shape index (κ3) is 1.96. The van der Waals surface area contributed by atoms with E-state index in [9.17, 15) is 5.11 Å². The number of rotatable bonds is 2. The van der Waals surface area contributed by atoms with Crippen molar-refractivity contribution < 1.29 is 10.2 Å². The molecule has 0 saturated carbocycles. The van der Waals surface area contributed by atoms with Gasteiger partial charge in [-0.15, -0.1) is 0 Å². The summed E-state index contributed by atoms with van der Waals surface area (Å²) in [6, 6.07) is 4.65. The Hall–Kier alpha value is -1.06. The zero-order chi connectivity index (χ0) is 9.14. The predicted molar refractivity (Wildman–Crippen MR) is 46.9 cm³/mol. The Kier molecular flexibility index (Phi) is 2.68. The van der Waals surface area contributed by atoms with Crippen molar-refractivity contribution in [3.63, 3.8) is 0 Å². The molecule has 0 aliphatic heterocycles. The largest absolute Gasteiger partial charge is 0.508 e. The topological polar surface area (TPSA) is 66.5 Å². The number of aromatic hydroxyl groups is 1. The fourth-order valence-electron chi connectivity index (χ4n) is 1.11. The Morgan fingerprint density at radius 3 is 2.58 bits per heavy atom. The van der Waals surface area contributed by atoms with Gasteiger partial charge in [0.2, 0.25) is 0 Å². The van der Waals surface area contributed by atoms with Gasteiger partial charge in [0.05, 0.1) is 12.6 Å². The van der Waals surface area contributed by atoms with Gasteiger partial charge in [0.1, 0.15) is 5.75 Å². The van der Waals surface area contributed by atoms with Gasteiger partial charge in [-0.25, -0.2) is 0 Å². The Bertz CT molecular complexity index is 253. The first-order valence-electron chi connectivity index (χ1n) is 3.80. The van der Waals surface area contributed by atoms with E-state index in [1.807, 2.05) is 13.0 Å². The molecule has 66 valence electrons. The quantitative estimate of drug-likeness (QED) is 0.607. The number of benzene rings is 1. The van der Waals surface area contributed by atoms with Gasteiger partial charge in [-0.3, -0.25) is 0 Å². The Morgan fingerprint density at radius 2 is 2.08 bits per heavy atom. The molecule has 1 rings (SSSR count). The van der Waals surface area contributed by atoms with Crippen LogP contribution < -0.4 is 5.73 Å². The molecule has 0 aliphatic rings. The average Bonchev–Trinajstić information content (AvgIpc) is 2.01. The first-order valence-corrected chi connectivity index (χ1v) is 3.80. The number of aryl methyl sites for hydroxylation is 1. The third-order valence-electron chi connectivity index (χ3n) is 1.71. The third-order valence-corrected chi connectivity index (χ3v) is 1.71. The van der Waals surface area contributed by atoms with E-state index >= 15 is 0 Å². The van der Waals surface area contributed by atoms with Gasteiger partial charge in [0.25, 0.3) is 0 Å². The van der Waals surface area contributed by atoms with Crippen LogP contribution in [-0.2, 0) is 0 Å². The summed E-state index contributed by atoms with van der Waals surface area (Å²) in [4.78, 5) is 0. The summed E-state index contributed by atoms with van der Waals surface area (Å²) in [7, 11) is 0. The Balaban J connectivity index is 3.00. The molecule has 0 amide bonds. The Morgan fingerprint density at radius 1 is 1.42 bits per heavy atom. The van der Waals surface area contributed by atoms with Gasteiger partial charge < -0.3 is 15.9 Å². The second-order valence-corrected chi connectivity index (χ2v) is 2.89. The molecule has 0 aliphatic carbocycles. The molecule has 1 atom stereocenters. The lowest BCUT2D eigenvalue weighted by Crippen LogP contribution is -2.14. The maximum absolute atomic E-state index is 9.20. The van der Waals surface area contributed by atoms with Gasteiger partial charge >= 0.3 is 0 Å². The molecule has 0 saturated heterocycles. The van der Waals surface area contributed by atoms with Crippen LogP contribution in [0.2, 0.25) is 0 Å². The maximum atomic E-state index is 9.20. The van der Waals surface area contributed by atoms with Gasteiger partial charge in [-0.1, -0.05) is 6.07 Å². The number of nitrogens with two attached hydrogens (primary N) is 1. The minimum atomic E-state index is -0.407. The smallest absolute Gasteiger partial charge is 0.116 e. The monoisotopic (exact) mass is 167 g/mol. The lowest BCUT2D eigenvalue weighted by Gasteiger charge is -2.09. The molecular weight excluding hydrogens is 154 g/mol. The van der Waals surface area contributed by atoms with E-state index in [2.05, 4.69) is 0 Å². The molecule has 4 N–H and O–H groups in total. The van der Waals surface area contributed by atoms with Crippen LogP contribution in [0, 0.1) is 6.92 Å². The molecule has 0 radical (unpaired) electrons. The first-order chi connectivity index (χ1) is 5.63. The van der Waals surface area contributed by atoms with Crippen LogP contribution in [0.5, 0.6) is 5.75 Å². The number of hydrogen-bond donors (Lipinski definition) is 3. The zero-order valence-corrected chi connectivity index (χ0v) is 6.99. The van der Waals surface area contributed by atoms with E-state index in [0.717, 1.165) is 11.1 Å². The minimum absolute atomic E-state index is 0.108. The number of aliphatic hydroxyl groups is 1. The van der Waals surface area contributed by atoms with Crippen molar-refractivity contribution in [3.05, 3.63) is 29.3 Å². The molecule has 12 heavy (non-hydrogen) atoms. The van der Waals surface area contributed by atoms with E-state index in [-0.39, 0.29) is 12.4 Å². The standard InChI is InChI=1S/C9H13NO2/c1-6-2-7(9(10)5-11)4-8(12)3-6/h2-4,9,11-12H,5,10H2,1H3. The van der Waals surface area contributed by atoms with Crippen LogP contribution in [0.3, 0.4) is 0 Å². The van der Waals surface area contributed by atoms with Crippen LogP contribution in [-0.4, -0.2) is 16.8 Å². The normalized spacial score (nSPS) is 12.9. The van der Waals surface area contributed by atoms with Crippen molar-refractivity contribution in [2.75, 3.05) is 6.61 Å². The molecular formula is C9H13NO2. The van der Waals surface area contributed by atoms with Crippen molar-refractivity contribution in [2.24, 2.45) is 5.73 Å². The number of phenolic OH excluding ortho intramolecular Hbond substituents is 1. The zero-order valence-electron chi connectivity index (χ0n) is 6.99. The van der Waals surface area contributed by atoms with Crippen molar-refractivity contribution in [1.29, 1.82) is 0 Å². The highest BCUT2D eigenvalue weighted by Crippen LogP contribution is 2.18. The van der Waals surface area contributed by atoms with Crippen LogP contribution in [0.4, 0.5) is 0 Å². The number of aliphatic hydroxyl groups excluding tert-OH is 1. The average molecular weight is 167 g/mol. The second kappa shape index (κ2) is 3.56. The van der Waals surface area contributed by atoms with Crippen LogP contribution in [0.1, 0.15) is 17.2 Å². The number of phenols is 1. The highest BCUT2D eigenvalue weighted by molar-refractivity contribution is 5.34. The predicted octanol–water partition coefficient (Wildman–Crippen LogP) is 0.693. The molecule has 0 bridgehead atoms. The van der Waals surface area contributed by atoms with Crippen molar-refractivity contribution >= 4 is 0 Å². The van der Waals surface area contributed by atoms with Gasteiger partial charge in [0.15, 0.2) is 0 Å². The lowest BCUT2D eigenvalue weighted by atomic mass is 10.1. The summed E-state index contributed by atoms with van der Waals surface area (Å²) >= 11 is 0. The van der Waals surface area contributed by atoms with E-state index in [1.165, 1.54) is 0 Å². The van der Waals surface area contributed by atoms with Crippen molar-refractivity contribution in [2.45, 2.75) is 13.0 Å². The van der Waals surface area contributed by atoms with Gasteiger partial charge in [-0.05, 0) is 30.2 Å². The molecule has 0 fully saturated rings. The molecule has 3 nitrogen and oxygen atoms in total. The molecule has 0 heterocycles. The van der Waals surface area contributed by atoms with E-state index in [1.54, 1.807) is 12.1 Å². The summed E-state index contributed by atoms with van der Waals surface area (Å²) in [5.74, 6) is 0.189. The summed E-state index contributed by atoms with van der Waals surface area (Å²) in [5.41, 5.74) is 7.27. The Labute approximate surface area is 71.5 Å². The van der Waals surface area contributed by atoms with Crippen LogP contribution in [0.25, 0.3) is 0 Å². The van der Waals surface area contributed by atoms with Crippen LogP contribution >= 0.6 is 0 Å². The van der Waals surface area contributed by atoms with E-state index in [4.69, 9.17) is 10.8 Å². The first kappa shape index (κ1) is 9.03. The molecule has 1 aromatic rings. The summed E-state index contributed by atoms with van der Waals surface area (Å²) < 4.78 is 0. The van der Waals surface area contributed by atoms with Crippen molar-refractivity contribution in [1.82, 2.24) is 0 Å². The van der Waals surface area contributed by atoms with E-state index < -0.39 is 6.04 Å². The highest BCUT2D eigenvalue weighted by Gasteiger charge is 2.05. The minimum Gasteiger partial charge on any atom is -0.508 e. The van der Waals surface area contributed by atoms with Gasteiger partial charge in [-0.2, -0.15) is 0 Å². The lowest BCUT2D eigenvalue weighted by molar-refractivity contribution is 0.267. The fraction of sp³-hybridized carbons (Fsp3) is 0.333. The highest BCUT2D eigenvalue weighted by atomic mass is 16.3. The van der Waals surface area contributed by atoms with Gasteiger partial charge in [0, 0.05) is 0 Å². The summed E-state index contributed by atoms with van der Waals surface area (Å²) in [5, 5.41) is 18.0. The fourth-order valence-corrected chi connectivity index (χ4v) is 1.11. The molecule has 3 heteroatoms. The molecule has 0 aromatic heterocycles. The summed E-state index contributed by atoms with van der Waals surface area (Å²) in [6.45, 7) is 1.76. The molecule has 0 spiro atoms. The van der Waals surface area contributed by atoms with E-state index in [0.29, 0.717) is 0 Å². The maximum Gasteiger partial charge on any atom is 0.116 e. The second-order valence-electron chi connectivity index (χ2n) is 2.89. The SMILES string of the molecule is Cc1cc(O)cc(C(N)CO)c1. The van der Waals surface area contributed by atoms with Crippen LogP contribution in [0.15, 0.2) is 18.2 Å². The van der Waals surface area contributed by atoms with Crippen molar-refractivity contribution in [3.8, 4) is 5.75 Å². The number of hydrogen-bond acceptors (Lipinski definition) is 3. The molecule has 1 unspecified atom stereocenters. The molecule has 1 aromatic carbocycles. The summed E-state index contributed by atoms with van der Waals surface area (Å²) in [6.07, 6.45) is 0.